The fourth-order valence-electron chi connectivity index (χ4n) is 3.32. The second kappa shape index (κ2) is 9.08. The zero-order valence-electron chi connectivity index (χ0n) is 14.7. The summed E-state index contributed by atoms with van der Waals surface area (Å²) in [6.45, 7) is 0. The van der Waals surface area contributed by atoms with Crippen LogP contribution >= 0.6 is 11.8 Å². The molecule has 3 nitrogen and oxygen atoms in total. The SMILES string of the molecule is O=C(O)CCCSc1ccc(-c2cc(F)ccc2NC2CCCC2)cc1. The van der Waals surface area contributed by atoms with Crippen LogP contribution in [-0.2, 0) is 4.79 Å². The summed E-state index contributed by atoms with van der Waals surface area (Å²) in [5.74, 6) is -0.210. The molecule has 2 aromatic rings. The number of carboxylic acid groups (broad SMARTS) is 1. The number of halogens is 1. The van der Waals surface area contributed by atoms with E-state index in [-0.39, 0.29) is 12.2 Å². The first-order chi connectivity index (χ1) is 12.6. The Hall–Kier alpha value is -2.01. The number of carboxylic acids is 1. The van der Waals surface area contributed by atoms with Crippen molar-refractivity contribution in [3.8, 4) is 11.1 Å². The molecule has 2 aromatic carbocycles. The van der Waals surface area contributed by atoms with Crippen LogP contribution in [0.3, 0.4) is 0 Å². The van der Waals surface area contributed by atoms with Crippen LogP contribution in [0.15, 0.2) is 47.4 Å². The topological polar surface area (TPSA) is 49.3 Å². The number of carbonyl (C=O) groups is 1. The summed E-state index contributed by atoms with van der Waals surface area (Å²) in [5, 5.41) is 12.3. The highest BCUT2D eigenvalue weighted by Crippen LogP contribution is 2.33. The van der Waals surface area contributed by atoms with E-state index < -0.39 is 5.97 Å². The normalized spacial score (nSPS) is 14.5. The van der Waals surface area contributed by atoms with Crippen molar-refractivity contribution >= 4 is 23.4 Å². The van der Waals surface area contributed by atoms with Crippen LogP contribution in [0.25, 0.3) is 11.1 Å². The lowest BCUT2D eigenvalue weighted by molar-refractivity contribution is -0.137. The maximum Gasteiger partial charge on any atom is 0.303 e. The number of benzene rings is 2. The van der Waals surface area contributed by atoms with Crippen molar-refractivity contribution in [2.75, 3.05) is 11.1 Å². The lowest BCUT2D eigenvalue weighted by Gasteiger charge is -2.17. The zero-order valence-corrected chi connectivity index (χ0v) is 15.5. The predicted octanol–water partition coefficient (Wildman–Crippen LogP) is 5.80. The summed E-state index contributed by atoms with van der Waals surface area (Å²) in [4.78, 5) is 11.6. The standard InChI is InChI=1S/C21H24FNO2S/c22-16-9-12-20(23-17-4-1-2-5-17)19(14-16)15-7-10-18(11-8-15)26-13-3-6-21(24)25/h7-12,14,17,23H,1-6,13H2,(H,24,25). The Kier molecular flexibility index (Phi) is 6.56. The van der Waals surface area contributed by atoms with E-state index in [4.69, 9.17) is 5.11 Å². The van der Waals surface area contributed by atoms with Gasteiger partial charge in [0.15, 0.2) is 0 Å². The van der Waals surface area contributed by atoms with Crippen LogP contribution in [0.5, 0.6) is 0 Å². The monoisotopic (exact) mass is 373 g/mol. The molecule has 1 saturated carbocycles. The Morgan fingerprint density at radius 2 is 1.88 bits per heavy atom. The molecule has 0 amide bonds. The van der Waals surface area contributed by atoms with E-state index in [1.807, 2.05) is 30.3 Å². The second-order valence-electron chi connectivity index (χ2n) is 6.69. The summed E-state index contributed by atoms with van der Waals surface area (Å²) in [7, 11) is 0. The van der Waals surface area contributed by atoms with Gasteiger partial charge in [-0.25, -0.2) is 4.39 Å². The average Bonchev–Trinajstić information content (AvgIpc) is 3.14. The number of rotatable bonds is 8. The molecule has 0 bridgehead atoms. The highest BCUT2D eigenvalue weighted by Gasteiger charge is 2.16. The maximum atomic E-state index is 13.8. The average molecular weight is 373 g/mol. The zero-order chi connectivity index (χ0) is 18.4. The number of hydrogen-bond acceptors (Lipinski definition) is 3. The van der Waals surface area contributed by atoms with Gasteiger partial charge in [0.1, 0.15) is 5.82 Å². The molecule has 0 heterocycles. The van der Waals surface area contributed by atoms with Gasteiger partial charge in [-0.2, -0.15) is 0 Å². The number of thioether (sulfide) groups is 1. The fourth-order valence-corrected chi connectivity index (χ4v) is 4.17. The van der Waals surface area contributed by atoms with E-state index in [0.717, 1.165) is 27.5 Å². The highest BCUT2D eigenvalue weighted by molar-refractivity contribution is 7.99. The van der Waals surface area contributed by atoms with Crippen molar-refractivity contribution in [1.29, 1.82) is 0 Å². The van der Waals surface area contributed by atoms with Crippen LogP contribution in [-0.4, -0.2) is 22.9 Å². The number of anilines is 1. The smallest absolute Gasteiger partial charge is 0.303 e. The summed E-state index contributed by atoms with van der Waals surface area (Å²) < 4.78 is 13.8. The molecular formula is C21H24FNO2S. The van der Waals surface area contributed by atoms with Gasteiger partial charge in [-0.05, 0) is 60.9 Å². The fraction of sp³-hybridized carbons (Fsp3) is 0.381. The first-order valence-electron chi connectivity index (χ1n) is 9.13. The van der Waals surface area contributed by atoms with Crippen molar-refractivity contribution in [3.05, 3.63) is 48.3 Å². The summed E-state index contributed by atoms with van der Waals surface area (Å²) in [5.41, 5.74) is 2.86. The van der Waals surface area contributed by atoms with Crippen molar-refractivity contribution in [2.24, 2.45) is 0 Å². The molecule has 2 N–H and O–H groups in total. The molecule has 0 saturated heterocycles. The Bertz CT molecular complexity index is 742. The third kappa shape index (κ3) is 5.24. The molecule has 1 fully saturated rings. The number of nitrogens with one attached hydrogen (secondary N) is 1. The van der Waals surface area contributed by atoms with Crippen LogP contribution in [0.1, 0.15) is 38.5 Å². The third-order valence-corrected chi connectivity index (χ3v) is 5.76. The van der Waals surface area contributed by atoms with Gasteiger partial charge in [-0.3, -0.25) is 4.79 Å². The van der Waals surface area contributed by atoms with Gasteiger partial charge in [-0.15, -0.1) is 11.8 Å². The molecule has 26 heavy (non-hydrogen) atoms. The Labute approximate surface area is 158 Å². The second-order valence-corrected chi connectivity index (χ2v) is 7.85. The van der Waals surface area contributed by atoms with Crippen LogP contribution in [0.2, 0.25) is 0 Å². The lowest BCUT2D eigenvalue weighted by atomic mass is 10.0. The van der Waals surface area contributed by atoms with E-state index >= 15 is 0 Å². The molecule has 1 aliphatic rings. The molecule has 0 radical (unpaired) electrons. The molecule has 3 rings (SSSR count). The van der Waals surface area contributed by atoms with E-state index in [2.05, 4.69) is 5.32 Å². The molecule has 0 spiro atoms. The van der Waals surface area contributed by atoms with Crippen LogP contribution in [0, 0.1) is 5.82 Å². The van der Waals surface area contributed by atoms with Gasteiger partial charge in [0.25, 0.3) is 0 Å². The Balaban J connectivity index is 1.69. The van der Waals surface area contributed by atoms with Gasteiger partial charge in [-0.1, -0.05) is 25.0 Å². The summed E-state index contributed by atoms with van der Waals surface area (Å²) in [6, 6.07) is 13.5. The number of aliphatic carboxylic acids is 1. The number of hydrogen-bond donors (Lipinski definition) is 2. The van der Waals surface area contributed by atoms with Crippen molar-refractivity contribution in [1.82, 2.24) is 0 Å². The molecule has 138 valence electrons. The van der Waals surface area contributed by atoms with Crippen molar-refractivity contribution in [2.45, 2.75) is 49.5 Å². The maximum absolute atomic E-state index is 13.8. The quantitative estimate of drug-likeness (QED) is 0.453. The highest BCUT2D eigenvalue weighted by atomic mass is 32.2. The van der Waals surface area contributed by atoms with Crippen molar-refractivity contribution < 1.29 is 14.3 Å². The first kappa shape index (κ1) is 18.8. The lowest BCUT2D eigenvalue weighted by Crippen LogP contribution is -2.15. The summed E-state index contributed by atoms with van der Waals surface area (Å²) in [6.07, 6.45) is 5.70. The molecule has 0 unspecified atom stereocenters. The Morgan fingerprint density at radius 1 is 1.15 bits per heavy atom. The van der Waals surface area contributed by atoms with E-state index in [1.54, 1.807) is 17.8 Å². The third-order valence-electron chi connectivity index (χ3n) is 4.67. The molecule has 0 aromatic heterocycles. The van der Waals surface area contributed by atoms with E-state index in [9.17, 15) is 9.18 Å². The minimum Gasteiger partial charge on any atom is -0.481 e. The first-order valence-corrected chi connectivity index (χ1v) is 10.1. The van der Waals surface area contributed by atoms with Gasteiger partial charge < -0.3 is 10.4 Å². The molecule has 0 aliphatic heterocycles. The van der Waals surface area contributed by atoms with E-state index in [1.165, 1.54) is 31.7 Å². The van der Waals surface area contributed by atoms with Crippen molar-refractivity contribution in [3.63, 3.8) is 0 Å². The molecular weight excluding hydrogens is 349 g/mol. The van der Waals surface area contributed by atoms with E-state index in [0.29, 0.717) is 12.5 Å². The van der Waals surface area contributed by atoms with Gasteiger partial charge in [0, 0.05) is 28.6 Å². The largest absolute Gasteiger partial charge is 0.481 e. The summed E-state index contributed by atoms with van der Waals surface area (Å²) >= 11 is 1.65. The van der Waals surface area contributed by atoms with Gasteiger partial charge in [0.2, 0.25) is 0 Å². The predicted molar refractivity (Wildman–Crippen MR) is 105 cm³/mol. The van der Waals surface area contributed by atoms with Gasteiger partial charge in [0.05, 0.1) is 0 Å². The van der Waals surface area contributed by atoms with Gasteiger partial charge >= 0.3 is 5.97 Å². The minimum atomic E-state index is -0.755. The van der Waals surface area contributed by atoms with Crippen LogP contribution < -0.4 is 5.32 Å². The minimum absolute atomic E-state index is 0.199. The molecule has 5 heteroatoms. The van der Waals surface area contributed by atoms with Crippen LogP contribution in [0.4, 0.5) is 10.1 Å². The Morgan fingerprint density at radius 3 is 2.58 bits per heavy atom. The molecule has 0 atom stereocenters. The molecule has 1 aliphatic carbocycles.